The molecule has 0 aliphatic carbocycles. The van der Waals surface area contributed by atoms with Crippen LogP contribution in [0.15, 0.2) is 17.0 Å². The van der Waals surface area contributed by atoms with Crippen molar-refractivity contribution in [2.45, 2.75) is 11.8 Å². The fraction of sp³-hybridized carbons (Fsp3) is 0.417. The third kappa shape index (κ3) is 5.21. The van der Waals surface area contributed by atoms with Gasteiger partial charge in [-0.1, -0.05) is 6.92 Å². The number of aromatic carboxylic acids is 1. The van der Waals surface area contributed by atoms with Gasteiger partial charge in [0, 0.05) is 6.07 Å². The number of methoxy groups -OCH3 is 1. The number of carboxylic acid groups (broad SMARTS) is 1. The number of carbonyl (C=O) groups is 1. The van der Waals surface area contributed by atoms with E-state index in [0.29, 0.717) is 0 Å². The second kappa shape index (κ2) is 8.45. The van der Waals surface area contributed by atoms with Gasteiger partial charge < -0.3 is 25.8 Å². The number of hydrogen-bond acceptors (Lipinski definition) is 7. The predicted molar refractivity (Wildman–Crippen MR) is 76.3 cm³/mol. The van der Waals surface area contributed by atoms with E-state index in [-0.39, 0.29) is 40.9 Å². The molecule has 1 aromatic carbocycles. The molecule has 9 heteroatoms. The molecule has 0 fully saturated rings. The number of anilines is 1. The molecule has 8 nitrogen and oxygen atoms in total. The first-order valence-corrected chi connectivity index (χ1v) is 7.55. The van der Waals surface area contributed by atoms with Gasteiger partial charge in [0.2, 0.25) is 0 Å². The zero-order chi connectivity index (χ0) is 16.6. The fourth-order valence-corrected chi connectivity index (χ4v) is 2.36. The molecule has 1 rings (SSSR count). The van der Waals surface area contributed by atoms with Gasteiger partial charge in [0.15, 0.2) is 9.84 Å². The van der Waals surface area contributed by atoms with E-state index in [9.17, 15) is 13.2 Å². The Morgan fingerprint density at radius 2 is 1.81 bits per heavy atom. The summed E-state index contributed by atoms with van der Waals surface area (Å²) in [4.78, 5) is 10.8. The summed E-state index contributed by atoms with van der Waals surface area (Å²) >= 11 is 0. The number of aliphatic hydroxyl groups is 2. The Morgan fingerprint density at radius 1 is 1.29 bits per heavy atom. The monoisotopic (exact) mass is 321 g/mol. The molecule has 0 atom stereocenters. The first-order chi connectivity index (χ1) is 9.74. The number of benzene rings is 1. The lowest BCUT2D eigenvalue weighted by atomic mass is 10.2. The second-order valence-corrected chi connectivity index (χ2v) is 5.99. The fourth-order valence-electron chi connectivity index (χ4n) is 1.34. The summed E-state index contributed by atoms with van der Waals surface area (Å²) in [6.45, 7) is 1.21. The molecule has 0 spiro atoms. The minimum atomic E-state index is -3.55. The highest BCUT2D eigenvalue weighted by Gasteiger charge is 2.21. The van der Waals surface area contributed by atoms with E-state index in [0.717, 1.165) is 6.07 Å². The van der Waals surface area contributed by atoms with E-state index >= 15 is 0 Å². The third-order valence-corrected chi connectivity index (χ3v) is 4.16. The molecule has 0 aliphatic heterocycles. The summed E-state index contributed by atoms with van der Waals surface area (Å²) < 4.78 is 28.2. The summed E-state index contributed by atoms with van der Waals surface area (Å²) in [5, 5.41) is 24.2. The normalized spacial score (nSPS) is 10.5. The van der Waals surface area contributed by atoms with Crippen molar-refractivity contribution in [1.82, 2.24) is 0 Å². The first kappa shape index (κ1) is 19.2. The summed E-state index contributed by atoms with van der Waals surface area (Å²) in [6.07, 6.45) is 0. The standard InChI is InChI=1S/C10H13NO5S.C2H6O2/c1-3-17(14,15)9-4-6(10(12)13)8(16-2)5-7(9)11;3-1-2-4/h4-5H,3,11H2,1-2H3,(H,12,13);3-4H,1-2H2. The largest absolute Gasteiger partial charge is 0.496 e. The van der Waals surface area contributed by atoms with Gasteiger partial charge in [-0.15, -0.1) is 0 Å². The molecule has 21 heavy (non-hydrogen) atoms. The molecular weight excluding hydrogens is 302 g/mol. The molecule has 120 valence electrons. The Kier molecular flexibility index (Phi) is 7.71. The van der Waals surface area contributed by atoms with Crippen molar-refractivity contribution in [2.24, 2.45) is 0 Å². The highest BCUT2D eigenvalue weighted by Crippen LogP contribution is 2.29. The highest BCUT2D eigenvalue weighted by molar-refractivity contribution is 7.91. The molecule has 0 saturated heterocycles. The van der Waals surface area contributed by atoms with Gasteiger partial charge in [-0.3, -0.25) is 0 Å². The summed E-state index contributed by atoms with van der Waals surface area (Å²) in [7, 11) is -2.27. The molecule has 0 radical (unpaired) electrons. The van der Waals surface area contributed by atoms with Crippen molar-refractivity contribution in [3.63, 3.8) is 0 Å². The lowest BCUT2D eigenvalue weighted by Gasteiger charge is -2.10. The lowest BCUT2D eigenvalue weighted by molar-refractivity contribution is 0.0693. The Labute approximate surface area is 122 Å². The van der Waals surface area contributed by atoms with Crippen molar-refractivity contribution in [3.05, 3.63) is 17.7 Å². The molecule has 0 heterocycles. The summed E-state index contributed by atoms with van der Waals surface area (Å²) in [5.74, 6) is -1.39. The van der Waals surface area contributed by atoms with Crippen LogP contribution in [0.25, 0.3) is 0 Å². The zero-order valence-corrected chi connectivity index (χ0v) is 12.6. The van der Waals surface area contributed by atoms with Crippen molar-refractivity contribution < 1.29 is 33.3 Å². The average molecular weight is 321 g/mol. The van der Waals surface area contributed by atoms with Crippen LogP contribution < -0.4 is 10.5 Å². The first-order valence-electron chi connectivity index (χ1n) is 5.90. The van der Waals surface area contributed by atoms with Gasteiger partial charge in [0.1, 0.15) is 11.3 Å². The number of rotatable bonds is 5. The highest BCUT2D eigenvalue weighted by atomic mass is 32.2. The molecule has 1 aromatic rings. The van der Waals surface area contributed by atoms with Crippen molar-refractivity contribution in [3.8, 4) is 5.75 Å². The van der Waals surface area contributed by atoms with E-state index in [4.69, 9.17) is 25.8 Å². The number of carboxylic acids is 1. The zero-order valence-electron chi connectivity index (χ0n) is 11.7. The number of aliphatic hydroxyl groups excluding tert-OH is 2. The molecule has 0 saturated carbocycles. The topological polar surface area (TPSA) is 147 Å². The number of nitrogen functional groups attached to an aromatic ring is 1. The van der Waals surface area contributed by atoms with Gasteiger partial charge in [0.25, 0.3) is 0 Å². The smallest absolute Gasteiger partial charge is 0.339 e. The molecule has 5 N–H and O–H groups in total. The maximum absolute atomic E-state index is 11.7. The number of nitrogens with two attached hydrogens (primary N) is 1. The number of hydrogen-bond donors (Lipinski definition) is 4. The predicted octanol–water partition coefficient (Wildman–Crippen LogP) is -0.260. The third-order valence-electron chi connectivity index (χ3n) is 2.38. The maximum atomic E-state index is 11.7. The SMILES string of the molecule is CCS(=O)(=O)c1cc(C(=O)O)c(OC)cc1N.OCCO. The van der Waals surface area contributed by atoms with Crippen LogP contribution >= 0.6 is 0 Å². The van der Waals surface area contributed by atoms with Gasteiger partial charge >= 0.3 is 5.97 Å². The van der Waals surface area contributed by atoms with E-state index in [1.807, 2.05) is 0 Å². The van der Waals surface area contributed by atoms with Crippen LogP contribution in [0.2, 0.25) is 0 Å². The number of ether oxygens (including phenoxy) is 1. The minimum Gasteiger partial charge on any atom is -0.496 e. The van der Waals surface area contributed by atoms with E-state index in [2.05, 4.69) is 0 Å². The Morgan fingerprint density at radius 3 is 2.14 bits per heavy atom. The molecular formula is C12H19NO7S. The maximum Gasteiger partial charge on any atom is 0.339 e. The van der Waals surface area contributed by atoms with Crippen molar-refractivity contribution in [2.75, 3.05) is 31.8 Å². The van der Waals surface area contributed by atoms with Crippen molar-refractivity contribution in [1.29, 1.82) is 0 Å². The second-order valence-electron chi connectivity index (χ2n) is 3.75. The van der Waals surface area contributed by atoms with Crippen LogP contribution in [-0.4, -0.2) is 55.8 Å². The molecule has 0 aromatic heterocycles. The van der Waals surface area contributed by atoms with Crippen LogP contribution in [-0.2, 0) is 9.84 Å². The molecule has 0 amide bonds. The summed E-state index contributed by atoms with van der Waals surface area (Å²) in [5.41, 5.74) is 5.33. The van der Waals surface area contributed by atoms with Gasteiger partial charge in [-0.05, 0) is 6.07 Å². The minimum absolute atomic E-state index is 0.0197. The Hall–Kier alpha value is -1.84. The van der Waals surface area contributed by atoms with E-state index in [1.165, 1.54) is 20.1 Å². The van der Waals surface area contributed by atoms with E-state index in [1.54, 1.807) is 0 Å². The average Bonchev–Trinajstić information content (AvgIpc) is 2.46. The van der Waals surface area contributed by atoms with Gasteiger partial charge in [0.05, 0.1) is 36.7 Å². The van der Waals surface area contributed by atoms with Crippen LogP contribution in [0.1, 0.15) is 17.3 Å². The number of sulfone groups is 1. The summed E-state index contributed by atoms with van der Waals surface area (Å²) in [6, 6.07) is 2.22. The molecule has 0 aliphatic rings. The van der Waals surface area contributed by atoms with Gasteiger partial charge in [-0.25, -0.2) is 13.2 Å². The Bertz CT molecular complexity index is 582. The van der Waals surface area contributed by atoms with Crippen LogP contribution in [0.3, 0.4) is 0 Å². The quantitative estimate of drug-likeness (QED) is 0.542. The van der Waals surface area contributed by atoms with Crippen LogP contribution in [0.5, 0.6) is 5.75 Å². The van der Waals surface area contributed by atoms with Crippen LogP contribution in [0, 0.1) is 0 Å². The van der Waals surface area contributed by atoms with Gasteiger partial charge in [-0.2, -0.15) is 0 Å². The van der Waals surface area contributed by atoms with E-state index < -0.39 is 15.8 Å². The molecule has 0 bridgehead atoms. The lowest BCUT2D eigenvalue weighted by Crippen LogP contribution is -2.10. The molecule has 0 unspecified atom stereocenters. The van der Waals surface area contributed by atoms with Crippen molar-refractivity contribution >= 4 is 21.5 Å². The van der Waals surface area contributed by atoms with Crippen LogP contribution in [0.4, 0.5) is 5.69 Å². The Balaban J connectivity index is 0.000000885.